The van der Waals surface area contributed by atoms with E-state index in [2.05, 4.69) is 5.32 Å². The van der Waals surface area contributed by atoms with Crippen molar-refractivity contribution in [2.45, 2.75) is 45.1 Å². The van der Waals surface area contributed by atoms with E-state index in [9.17, 15) is 9.59 Å². The van der Waals surface area contributed by atoms with Crippen molar-refractivity contribution in [3.8, 4) is 0 Å². The number of nitrogens with two attached hydrogens (primary N) is 2. The highest BCUT2D eigenvalue weighted by atomic mass is 16.2. The summed E-state index contributed by atoms with van der Waals surface area (Å²) in [5, 5.41) is 2.72. The molecule has 2 amide bonds. The molecule has 5 nitrogen and oxygen atoms in total. The van der Waals surface area contributed by atoms with E-state index in [4.69, 9.17) is 11.5 Å². The molecule has 0 aromatic carbocycles. The molecule has 2 atom stereocenters. The van der Waals surface area contributed by atoms with E-state index in [0.717, 1.165) is 25.7 Å². The molecule has 5 heteroatoms. The van der Waals surface area contributed by atoms with E-state index < -0.39 is 11.4 Å². The van der Waals surface area contributed by atoms with Crippen molar-refractivity contribution in [1.29, 1.82) is 0 Å². The van der Waals surface area contributed by atoms with Crippen molar-refractivity contribution in [3.63, 3.8) is 0 Å². The quantitative estimate of drug-likeness (QED) is 0.652. The molecule has 1 fully saturated rings. The molecule has 98 valence electrons. The van der Waals surface area contributed by atoms with E-state index >= 15 is 0 Å². The lowest BCUT2D eigenvalue weighted by Crippen LogP contribution is -2.55. The summed E-state index contributed by atoms with van der Waals surface area (Å²) in [6.07, 6.45) is 4.02. The van der Waals surface area contributed by atoms with Crippen LogP contribution in [0.2, 0.25) is 0 Å². The smallest absolute Gasteiger partial charge is 0.242 e. The van der Waals surface area contributed by atoms with Crippen LogP contribution in [0, 0.1) is 11.8 Å². The van der Waals surface area contributed by atoms with Gasteiger partial charge in [0.05, 0.1) is 0 Å². The van der Waals surface area contributed by atoms with Gasteiger partial charge in [-0.2, -0.15) is 0 Å². The number of primary amides is 1. The number of nitrogens with one attached hydrogen (secondary N) is 1. The zero-order chi connectivity index (χ0) is 13.1. The molecule has 1 aliphatic carbocycles. The van der Waals surface area contributed by atoms with Crippen LogP contribution in [0.4, 0.5) is 0 Å². The minimum Gasteiger partial charge on any atom is -0.368 e. The van der Waals surface area contributed by atoms with Crippen LogP contribution in [-0.2, 0) is 9.59 Å². The SMILES string of the molecule is CC(C)(NC(=O)C1CCCCC1CN)C(N)=O. The molecule has 0 aliphatic heterocycles. The van der Waals surface area contributed by atoms with Gasteiger partial charge in [0.15, 0.2) is 0 Å². The van der Waals surface area contributed by atoms with E-state index in [1.807, 2.05) is 0 Å². The highest BCUT2D eigenvalue weighted by molar-refractivity contribution is 5.90. The summed E-state index contributed by atoms with van der Waals surface area (Å²) in [6, 6.07) is 0. The van der Waals surface area contributed by atoms with Crippen molar-refractivity contribution in [3.05, 3.63) is 0 Å². The third-order valence-electron chi connectivity index (χ3n) is 3.60. The topological polar surface area (TPSA) is 98.2 Å². The van der Waals surface area contributed by atoms with Crippen LogP contribution >= 0.6 is 0 Å². The Labute approximate surface area is 102 Å². The Hall–Kier alpha value is -1.10. The third kappa shape index (κ3) is 3.43. The number of carbonyl (C=O) groups is 2. The van der Waals surface area contributed by atoms with E-state index in [-0.39, 0.29) is 17.7 Å². The van der Waals surface area contributed by atoms with Gasteiger partial charge in [0.2, 0.25) is 11.8 Å². The summed E-state index contributed by atoms with van der Waals surface area (Å²) < 4.78 is 0. The fourth-order valence-corrected chi connectivity index (χ4v) is 2.30. The van der Waals surface area contributed by atoms with Gasteiger partial charge < -0.3 is 16.8 Å². The number of hydrogen-bond acceptors (Lipinski definition) is 3. The predicted molar refractivity (Wildman–Crippen MR) is 65.9 cm³/mol. The van der Waals surface area contributed by atoms with Gasteiger partial charge in [-0.05, 0) is 39.2 Å². The second-order valence-corrected chi connectivity index (χ2v) is 5.37. The van der Waals surface area contributed by atoms with Crippen LogP contribution < -0.4 is 16.8 Å². The van der Waals surface area contributed by atoms with Gasteiger partial charge in [-0.15, -0.1) is 0 Å². The first-order valence-corrected chi connectivity index (χ1v) is 6.20. The molecule has 5 N–H and O–H groups in total. The summed E-state index contributed by atoms with van der Waals surface area (Å²) in [5.74, 6) is -0.463. The second kappa shape index (κ2) is 5.49. The molecule has 0 aromatic rings. The van der Waals surface area contributed by atoms with Gasteiger partial charge in [0, 0.05) is 5.92 Å². The number of hydrogen-bond donors (Lipinski definition) is 3. The monoisotopic (exact) mass is 241 g/mol. The summed E-state index contributed by atoms with van der Waals surface area (Å²) >= 11 is 0. The average molecular weight is 241 g/mol. The molecule has 0 radical (unpaired) electrons. The molecule has 0 saturated heterocycles. The van der Waals surface area contributed by atoms with Crippen LogP contribution in [-0.4, -0.2) is 23.9 Å². The highest BCUT2D eigenvalue weighted by Gasteiger charge is 2.34. The minimum atomic E-state index is -0.992. The third-order valence-corrected chi connectivity index (χ3v) is 3.60. The van der Waals surface area contributed by atoms with Crippen molar-refractivity contribution in [2.75, 3.05) is 6.54 Å². The van der Waals surface area contributed by atoms with Gasteiger partial charge in [-0.1, -0.05) is 12.8 Å². The summed E-state index contributed by atoms with van der Waals surface area (Å²) in [5.41, 5.74) is 9.93. The van der Waals surface area contributed by atoms with Crippen LogP contribution in [0.3, 0.4) is 0 Å². The molecular formula is C12H23N3O2. The molecule has 1 aliphatic rings. The fourth-order valence-electron chi connectivity index (χ4n) is 2.30. The molecule has 0 bridgehead atoms. The lowest BCUT2D eigenvalue weighted by Gasteiger charge is -2.32. The molecule has 2 unspecified atom stereocenters. The lowest BCUT2D eigenvalue weighted by atomic mass is 9.78. The maximum absolute atomic E-state index is 12.1. The Morgan fingerprint density at radius 3 is 2.41 bits per heavy atom. The van der Waals surface area contributed by atoms with Gasteiger partial charge >= 0.3 is 0 Å². The van der Waals surface area contributed by atoms with Crippen LogP contribution in [0.1, 0.15) is 39.5 Å². The number of amides is 2. The zero-order valence-corrected chi connectivity index (χ0v) is 10.7. The van der Waals surface area contributed by atoms with E-state index in [1.54, 1.807) is 13.8 Å². The predicted octanol–water partition coefficient (Wildman–Crippen LogP) is 0.132. The Bertz CT molecular complexity index is 302. The Balaban J connectivity index is 2.65. The lowest BCUT2D eigenvalue weighted by molar-refractivity contribution is -0.134. The van der Waals surface area contributed by atoms with Crippen molar-refractivity contribution in [2.24, 2.45) is 23.3 Å². The normalized spacial score (nSPS) is 25.4. The number of carbonyl (C=O) groups excluding carboxylic acids is 2. The molecule has 1 saturated carbocycles. The average Bonchev–Trinajstić information content (AvgIpc) is 2.28. The number of rotatable bonds is 4. The second-order valence-electron chi connectivity index (χ2n) is 5.37. The van der Waals surface area contributed by atoms with Crippen molar-refractivity contribution >= 4 is 11.8 Å². The highest BCUT2D eigenvalue weighted by Crippen LogP contribution is 2.29. The van der Waals surface area contributed by atoms with Gasteiger partial charge in [-0.3, -0.25) is 9.59 Å². The summed E-state index contributed by atoms with van der Waals surface area (Å²) in [6.45, 7) is 3.76. The standard InChI is InChI=1S/C12H23N3O2/c1-12(2,11(14)17)15-10(16)9-6-4-3-5-8(9)7-13/h8-9H,3-7,13H2,1-2H3,(H2,14,17)(H,15,16). The Kier molecular flexibility index (Phi) is 4.51. The van der Waals surface area contributed by atoms with Gasteiger partial charge in [0.25, 0.3) is 0 Å². The van der Waals surface area contributed by atoms with E-state index in [1.165, 1.54) is 0 Å². The molecule has 0 heterocycles. The molecule has 0 spiro atoms. The Morgan fingerprint density at radius 1 is 1.29 bits per heavy atom. The summed E-state index contributed by atoms with van der Waals surface area (Å²) in [7, 11) is 0. The molecule has 1 rings (SSSR count). The first-order chi connectivity index (χ1) is 7.88. The summed E-state index contributed by atoms with van der Waals surface area (Å²) in [4.78, 5) is 23.3. The minimum absolute atomic E-state index is 0.0765. The van der Waals surface area contributed by atoms with Crippen molar-refractivity contribution in [1.82, 2.24) is 5.32 Å². The molecule has 0 aromatic heterocycles. The maximum Gasteiger partial charge on any atom is 0.242 e. The van der Waals surface area contributed by atoms with E-state index in [0.29, 0.717) is 6.54 Å². The fraction of sp³-hybridized carbons (Fsp3) is 0.833. The first kappa shape index (κ1) is 14.0. The van der Waals surface area contributed by atoms with Crippen LogP contribution in [0.25, 0.3) is 0 Å². The van der Waals surface area contributed by atoms with Crippen molar-refractivity contribution < 1.29 is 9.59 Å². The van der Waals surface area contributed by atoms with Gasteiger partial charge in [-0.25, -0.2) is 0 Å². The van der Waals surface area contributed by atoms with Gasteiger partial charge in [0.1, 0.15) is 5.54 Å². The largest absolute Gasteiger partial charge is 0.368 e. The van der Waals surface area contributed by atoms with Crippen LogP contribution in [0.5, 0.6) is 0 Å². The molecule has 17 heavy (non-hydrogen) atoms. The maximum atomic E-state index is 12.1. The Morgan fingerprint density at radius 2 is 1.88 bits per heavy atom. The molecular weight excluding hydrogens is 218 g/mol. The van der Waals surface area contributed by atoms with Crippen LogP contribution in [0.15, 0.2) is 0 Å². The zero-order valence-electron chi connectivity index (χ0n) is 10.7. The first-order valence-electron chi connectivity index (χ1n) is 6.20.